The van der Waals surface area contributed by atoms with Gasteiger partial charge >= 0.3 is 0 Å². The third-order valence-electron chi connectivity index (χ3n) is 3.89. The number of aromatic nitrogens is 4. The maximum Gasteiger partial charge on any atom is 0.176 e. The normalized spacial score (nSPS) is 11.0. The Balaban J connectivity index is 1.80. The summed E-state index contributed by atoms with van der Waals surface area (Å²) in [6.07, 6.45) is 5.56. The van der Waals surface area contributed by atoms with Crippen LogP contribution in [0.1, 0.15) is 12.5 Å². The summed E-state index contributed by atoms with van der Waals surface area (Å²) in [7, 11) is 0. The topological polar surface area (TPSA) is 44.9 Å². The van der Waals surface area contributed by atoms with Gasteiger partial charge in [-0.05, 0) is 24.6 Å². The van der Waals surface area contributed by atoms with E-state index in [9.17, 15) is 0 Å². The average Bonchev–Trinajstić information content (AvgIpc) is 3.24. The third-order valence-corrected chi connectivity index (χ3v) is 3.89. The second-order valence-corrected chi connectivity index (χ2v) is 5.57. The Morgan fingerprint density at radius 1 is 1.08 bits per heavy atom. The zero-order valence-corrected chi connectivity index (χ0v) is 13.5. The van der Waals surface area contributed by atoms with Gasteiger partial charge in [-0.1, -0.05) is 36.4 Å². The fourth-order valence-corrected chi connectivity index (χ4v) is 2.82. The number of rotatable bonds is 5. The summed E-state index contributed by atoms with van der Waals surface area (Å²) in [6.45, 7) is 3.34. The molecule has 2 heterocycles. The Bertz CT molecular complexity index is 942. The van der Waals surface area contributed by atoms with Crippen molar-refractivity contribution in [2.45, 2.75) is 13.5 Å². The first kappa shape index (κ1) is 14.5. The standard InChI is InChI=1S/C19H18N4O/c1-2-24-23-18-9-8-15(13-22-11-10-20-14-22)12-17(18)21-19(23)16-6-4-3-5-7-16/h3-12,14H,2,13H2,1H3. The molecular formula is C19H18N4O. The van der Waals surface area contributed by atoms with E-state index in [2.05, 4.69) is 23.2 Å². The summed E-state index contributed by atoms with van der Waals surface area (Å²) >= 11 is 0. The first-order valence-electron chi connectivity index (χ1n) is 8.01. The molecule has 4 aromatic rings. The molecule has 120 valence electrons. The van der Waals surface area contributed by atoms with Crippen molar-refractivity contribution < 1.29 is 4.84 Å². The average molecular weight is 318 g/mol. The van der Waals surface area contributed by atoms with Gasteiger partial charge in [0.05, 0.1) is 11.8 Å². The molecule has 0 aliphatic carbocycles. The summed E-state index contributed by atoms with van der Waals surface area (Å²) < 4.78 is 3.87. The van der Waals surface area contributed by atoms with Crippen molar-refractivity contribution in [2.75, 3.05) is 6.61 Å². The van der Waals surface area contributed by atoms with Crippen LogP contribution in [-0.2, 0) is 6.54 Å². The number of hydrogen-bond donors (Lipinski definition) is 0. The first-order chi connectivity index (χ1) is 11.8. The van der Waals surface area contributed by atoms with Gasteiger partial charge in [0.1, 0.15) is 12.1 Å². The lowest BCUT2D eigenvalue weighted by Gasteiger charge is -2.09. The minimum atomic E-state index is 0.585. The van der Waals surface area contributed by atoms with Crippen molar-refractivity contribution >= 4 is 11.0 Å². The van der Waals surface area contributed by atoms with Crippen LogP contribution < -0.4 is 4.84 Å². The maximum absolute atomic E-state index is 5.83. The van der Waals surface area contributed by atoms with Crippen LogP contribution in [0.3, 0.4) is 0 Å². The van der Waals surface area contributed by atoms with Crippen molar-refractivity contribution in [3.63, 3.8) is 0 Å². The van der Waals surface area contributed by atoms with Crippen LogP contribution >= 0.6 is 0 Å². The molecule has 0 bridgehead atoms. The molecule has 0 atom stereocenters. The van der Waals surface area contributed by atoms with Crippen molar-refractivity contribution in [3.8, 4) is 11.4 Å². The third kappa shape index (κ3) is 2.65. The number of imidazole rings is 2. The molecule has 24 heavy (non-hydrogen) atoms. The highest BCUT2D eigenvalue weighted by atomic mass is 16.7. The van der Waals surface area contributed by atoms with Crippen LogP contribution in [0.2, 0.25) is 0 Å². The van der Waals surface area contributed by atoms with E-state index in [1.165, 1.54) is 5.56 Å². The summed E-state index contributed by atoms with van der Waals surface area (Å²) in [4.78, 5) is 14.7. The van der Waals surface area contributed by atoms with Crippen molar-refractivity contribution in [2.24, 2.45) is 0 Å². The van der Waals surface area contributed by atoms with Gasteiger partial charge < -0.3 is 9.40 Å². The molecule has 4 rings (SSSR count). The van der Waals surface area contributed by atoms with E-state index in [0.29, 0.717) is 6.61 Å². The van der Waals surface area contributed by atoms with E-state index in [1.54, 1.807) is 6.20 Å². The molecule has 0 radical (unpaired) electrons. The van der Waals surface area contributed by atoms with E-state index in [0.717, 1.165) is 29.0 Å². The van der Waals surface area contributed by atoms with Gasteiger partial charge in [0, 0.05) is 24.5 Å². The maximum atomic E-state index is 5.83. The highest BCUT2D eigenvalue weighted by molar-refractivity contribution is 5.81. The molecule has 0 N–H and O–H groups in total. The molecule has 0 saturated carbocycles. The monoisotopic (exact) mass is 318 g/mol. The minimum Gasteiger partial charge on any atom is -0.412 e. The Labute approximate surface area is 140 Å². The van der Waals surface area contributed by atoms with Gasteiger partial charge in [-0.2, -0.15) is 4.73 Å². The van der Waals surface area contributed by atoms with Crippen LogP contribution in [0, 0.1) is 0 Å². The van der Waals surface area contributed by atoms with Gasteiger partial charge in [0.15, 0.2) is 5.82 Å². The smallest absolute Gasteiger partial charge is 0.176 e. The molecule has 0 aliphatic rings. The van der Waals surface area contributed by atoms with E-state index in [4.69, 9.17) is 9.82 Å². The molecule has 5 nitrogen and oxygen atoms in total. The molecule has 2 aromatic carbocycles. The fraction of sp³-hybridized carbons (Fsp3) is 0.158. The number of benzene rings is 2. The van der Waals surface area contributed by atoms with E-state index in [-0.39, 0.29) is 0 Å². The van der Waals surface area contributed by atoms with Crippen LogP contribution in [0.15, 0.2) is 67.3 Å². The second kappa shape index (κ2) is 6.20. The molecule has 5 heteroatoms. The Morgan fingerprint density at radius 2 is 1.96 bits per heavy atom. The lowest BCUT2D eigenvalue weighted by molar-refractivity contribution is 0.135. The molecule has 0 spiro atoms. The highest BCUT2D eigenvalue weighted by Crippen LogP contribution is 2.24. The Hall–Kier alpha value is -3.08. The molecule has 0 unspecified atom stereocenters. The largest absolute Gasteiger partial charge is 0.412 e. The lowest BCUT2D eigenvalue weighted by atomic mass is 10.2. The van der Waals surface area contributed by atoms with E-state index >= 15 is 0 Å². The van der Waals surface area contributed by atoms with Crippen molar-refractivity contribution in [1.82, 2.24) is 19.3 Å². The summed E-state index contributed by atoms with van der Waals surface area (Å²) in [5.41, 5.74) is 4.13. The molecule has 0 fully saturated rings. The van der Waals surface area contributed by atoms with E-state index in [1.807, 2.05) is 59.1 Å². The summed E-state index contributed by atoms with van der Waals surface area (Å²) in [6, 6.07) is 16.4. The SMILES string of the molecule is CCOn1c(-c2ccccc2)nc2cc(Cn3ccnc3)ccc21. The van der Waals surface area contributed by atoms with Crippen molar-refractivity contribution in [1.29, 1.82) is 0 Å². The zero-order chi connectivity index (χ0) is 16.4. The van der Waals surface area contributed by atoms with Gasteiger partial charge in [0.25, 0.3) is 0 Å². The van der Waals surface area contributed by atoms with Crippen LogP contribution in [0.25, 0.3) is 22.4 Å². The predicted molar refractivity (Wildman–Crippen MR) is 93.6 cm³/mol. The van der Waals surface area contributed by atoms with Gasteiger partial charge in [-0.3, -0.25) is 0 Å². The van der Waals surface area contributed by atoms with Gasteiger partial charge in [-0.15, -0.1) is 0 Å². The quantitative estimate of drug-likeness (QED) is 0.566. The number of fused-ring (bicyclic) bond motifs is 1. The number of hydrogen-bond acceptors (Lipinski definition) is 3. The number of nitrogens with zero attached hydrogens (tertiary/aromatic N) is 4. The van der Waals surface area contributed by atoms with Crippen LogP contribution in [0.5, 0.6) is 0 Å². The predicted octanol–water partition coefficient (Wildman–Crippen LogP) is 3.40. The Kier molecular flexibility index (Phi) is 3.75. The van der Waals surface area contributed by atoms with Crippen LogP contribution in [-0.4, -0.2) is 25.9 Å². The van der Waals surface area contributed by atoms with Crippen molar-refractivity contribution in [3.05, 3.63) is 72.8 Å². The van der Waals surface area contributed by atoms with E-state index < -0.39 is 0 Å². The second-order valence-electron chi connectivity index (χ2n) is 5.57. The summed E-state index contributed by atoms with van der Waals surface area (Å²) in [5, 5.41) is 0. The lowest BCUT2D eigenvalue weighted by Crippen LogP contribution is -2.11. The Morgan fingerprint density at radius 3 is 2.71 bits per heavy atom. The highest BCUT2D eigenvalue weighted by Gasteiger charge is 2.14. The molecule has 0 amide bonds. The molecule has 0 aliphatic heterocycles. The minimum absolute atomic E-state index is 0.585. The van der Waals surface area contributed by atoms with Gasteiger partial charge in [0.2, 0.25) is 0 Å². The zero-order valence-electron chi connectivity index (χ0n) is 13.5. The molecule has 0 saturated heterocycles. The fourth-order valence-electron chi connectivity index (χ4n) is 2.82. The summed E-state index contributed by atoms with van der Waals surface area (Å²) in [5.74, 6) is 0.826. The van der Waals surface area contributed by atoms with Gasteiger partial charge in [-0.25, -0.2) is 9.97 Å². The first-order valence-corrected chi connectivity index (χ1v) is 8.01. The molecular weight excluding hydrogens is 300 g/mol. The molecule has 2 aromatic heterocycles. The van der Waals surface area contributed by atoms with Crippen LogP contribution in [0.4, 0.5) is 0 Å².